The lowest BCUT2D eigenvalue weighted by molar-refractivity contribution is -0.137. The molecule has 1 saturated heterocycles. The van der Waals surface area contributed by atoms with E-state index in [9.17, 15) is 22.8 Å². The molecule has 1 aromatic heterocycles. The Hall–Kier alpha value is -3.31. The van der Waals surface area contributed by atoms with Gasteiger partial charge in [0.1, 0.15) is 0 Å². The molecular formula is C24H23ClF3N5O2S. The molecule has 7 nitrogen and oxygen atoms in total. The van der Waals surface area contributed by atoms with Crippen molar-refractivity contribution in [2.24, 2.45) is 0 Å². The SMILES string of the molecule is O=C(Nc1cccc(Cl)c1)Nc1nc(CCC(=O)N2CCN(c3cccc(C(F)(F)F)c3)CC2)cs1. The van der Waals surface area contributed by atoms with Crippen molar-refractivity contribution in [2.75, 3.05) is 41.7 Å². The monoisotopic (exact) mass is 537 g/mol. The minimum absolute atomic E-state index is 0.0418. The highest BCUT2D eigenvalue weighted by Gasteiger charge is 2.31. The third kappa shape index (κ3) is 6.88. The molecule has 1 aliphatic heterocycles. The van der Waals surface area contributed by atoms with E-state index in [1.54, 1.807) is 40.6 Å². The maximum atomic E-state index is 13.0. The van der Waals surface area contributed by atoms with Gasteiger partial charge < -0.3 is 15.1 Å². The van der Waals surface area contributed by atoms with Gasteiger partial charge in [-0.05, 0) is 42.8 Å². The zero-order valence-corrected chi connectivity index (χ0v) is 20.6. The van der Waals surface area contributed by atoms with Crippen LogP contribution >= 0.6 is 22.9 Å². The molecule has 0 aliphatic carbocycles. The number of aromatic nitrogens is 1. The van der Waals surface area contributed by atoms with Gasteiger partial charge in [0.05, 0.1) is 11.3 Å². The first-order valence-corrected chi connectivity index (χ1v) is 12.4. The number of piperazine rings is 1. The lowest BCUT2D eigenvalue weighted by atomic mass is 10.1. The number of hydrogen-bond donors (Lipinski definition) is 2. The van der Waals surface area contributed by atoms with Crippen LogP contribution in [0.25, 0.3) is 0 Å². The molecule has 1 aliphatic rings. The molecule has 0 saturated carbocycles. The summed E-state index contributed by atoms with van der Waals surface area (Å²) in [6.45, 7) is 1.78. The highest BCUT2D eigenvalue weighted by atomic mass is 35.5. The predicted octanol–water partition coefficient (Wildman–Crippen LogP) is 5.74. The Balaban J connectivity index is 1.22. The quantitative estimate of drug-likeness (QED) is 0.420. The summed E-state index contributed by atoms with van der Waals surface area (Å²) in [7, 11) is 0. The summed E-state index contributed by atoms with van der Waals surface area (Å²) in [5.41, 5.74) is 1.06. The van der Waals surface area contributed by atoms with Crippen LogP contribution in [0.15, 0.2) is 53.9 Å². The van der Waals surface area contributed by atoms with E-state index in [-0.39, 0.29) is 12.3 Å². The van der Waals surface area contributed by atoms with E-state index < -0.39 is 17.8 Å². The number of thiazole rings is 1. The fraction of sp³-hybridized carbons (Fsp3) is 0.292. The average molecular weight is 538 g/mol. The third-order valence-electron chi connectivity index (χ3n) is 5.62. The molecule has 0 spiro atoms. The Labute approximate surface area is 214 Å². The van der Waals surface area contributed by atoms with Gasteiger partial charge in [-0.15, -0.1) is 11.3 Å². The Morgan fingerprint density at radius 3 is 2.50 bits per heavy atom. The van der Waals surface area contributed by atoms with Crippen molar-refractivity contribution in [2.45, 2.75) is 19.0 Å². The summed E-state index contributed by atoms with van der Waals surface area (Å²) < 4.78 is 39.0. The zero-order valence-electron chi connectivity index (χ0n) is 19.0. The van der Waals surface area contributed by atoms with Gasteiger partial charge in [0.15, 0.2) is 5.13 Å². The predicted molar refractivity (Wildman–Crippen MR) is 135 cm³/mol. The second-order valence-corrected chi connectivity index (χ2v) is 9.44. The Morgan fingerprint density at radius 1 is 1.03 bits per heavy atom. The molecule has 2 heterocycles. The van der Waals surface area contributed by atoms with Gasteiger partial charge in [-0.2, -0.15) is 13.2 Å². The van der Waals surface area contributed by atoms with E-state index in [2.05, 4.69) is 15.6 Å². The highest BCUT2D eigenvalue weighted by Crippen LogP contribution is 2.32. The van der Waals surface area contributed by atoms with Crippen molar-refractivity contribution in [3.63, 3.8) is 0 Å². The first-order chi connectivity index (χ1) is 17.2. The van der Waals surface area contributed by atoms with Crippen molar-refractivity contribution in [3.05, 3.63) is 70.2 Å². The molecule has 0 atom stereocenters. The molecule has 190 valence electrons. The summed E-state index contributed by atoms with van der Waals surface area (Å²) in [6.07, 6.45) is -3.72. The van der Waals surface area contributed by atoms with Crippen LogP contribution in [0.3, 0.4) is 0 Å². The van der Waals surface area contributed by atoms with Gasteiger partial charge in [0.2, 0.25) is 5.91 Å². The lowest BCUT2D eigenvalue weighted by Crippen LogP contribution is -2.48. The fourth-order valence-corrected chi connectivity index (χ4v) is 4.72. The van der Waals surface area contributed by atoms with Crippen LogP contribution in [-0.4, -0.2) is 48.0 Å². The lowest BCUT2D eigenvalue weighted by Gasteiger charge is -2.36. The molecule has 0 radical (unpaired) electrons. The van der Waals surface area contributed by atoms with Crippen LogP contribution < -0.4 is 15.5 Å². The minimum atomic E-state index is -4.39. The molecule has 36 heavy (non-hydrogen) atoms. The molecule has 2 aromatic carbocycles. The summed E-state index contributed by atoms with van der Waals surface area (Å²) >= 11 is 7.17. The number of aryl methyl sites for hydroxylation is 1. The molecule has 4 rings (SSSR count). The second kappa shape index (κ2) is 11.2. The molecule has 12 heteroatoms. The van der Waals surface area contributed by atoms with Crippen LogP contribution in [0.1, 0.15) is 17.7 Å². The Kier molecular flexibility index (Phi) is 8.00. The van der Waals surface area contributed by atoms with E-state index >= 15 is 0 Å². The van der Waals surface area contributed by atoms with Crippen LogP contribution in [-0.2, 0) is 17.4 Å². The molecule has 2 N–H and O–H groups in total. The van der Waals surface area contributed by atoms with Gasteiger partial charge in [-0.25, -0.2) is 9.78 Å². The average Bonchev–Trinajstić information content (AvgIpc) is 3.29. The maximum Gasteiger partial charge on any atom is 0.416 e. The third-order valence-corrected chi connectivity index (χ3v) is 6.66. The number of amides is 3. The number of urea groups is 1. The summed E-state index contributed by atoms with van der Waals surface area (Å²) in [5, 5.41) is 8.03. The number of alkyl halides is 3. The number of carbonyl (C=O) groups excluding carboxylic acids is 2. The number of rotatable bonds is 6. The highest BCUT2D eigenvalue weighted by molar-refractivity contribution is 7.13. The van der Waals surface area contributed by atoms with E-state index in [0.717, 1.165) is 12.1 Å². The van der Waals surface area contributed by atoms with Crippen LogP contribution in [0.2, 0.25) is 5.02 Å². The minimum Gasteiger partial charge on any atom is -0.368 e. The van der Waals surface area contributed by atoms with Crippen LogP contribution in [0.4, 0.5) is 34.5 Å². The van der Waals surface area contributed by atoms with E-state index in [0.29, 0.717) is 59.8 Å². The maximum absolute atomic E-state index is 13.0. The second-order valence-electron chi connectivity index (χ2n) is 8.15. The topological polar surface area (TPSA) is 77.6 Å². The zero-order chi connectivity index (χ0) is 25.7. The number of anilines is 3. The van der Waals surface area contributed by atoms with E-state index in [1.807, 2.05) is 4.90 Å². The largest absolute Gasteiger partial charge is 0.416 e. The molecule has 3 aromatic rings. The molecule has 1 fully saturated rings. The van der Waals surface area contributed by atoms with E-state index in [4.69, 9.17) is 11.6 Å². The molecular weight excluding hydrogens is 515 g/mol. The van der Waals surface area contributed by atoms with Crippen molar-refractivity contribution in [3.8, 4) is 0 Å². The fourth-order valence-electron chi connectivity index (χ4n) is 3.79. The molecule has 0 bridgehead atoms. The Morgan fingerprint density at radius 2 is 1.78 bits per heavy atom. The van der Waals surface area contributed by atoms with Gasteiger partial charge >= 0.3 is 12.2 Å². The number of benzene rings is 2. The summed E-state index contributed by atoms with van der Waals surface area (Å²) in [6, 6.07) is 11.5. The van der Waals surface area contributed by atoms with Gasteiger partial charge in [-0.3, -0.25) is 10.1 Å². The smallest absolute Gasteiger partial charge is 0.368 e. The first kappa shape index (κ1) is 25.8. The molecule has 0 unspecified atom stereocenters. The number of hydrogen-bond acceptors (Lipinski definition) is 5. The normalized spacial score (nSPS) is 14.0. The van der Waals surface area contributed by atoms with E-state index in [1.165, 1.54) is 17.4 Å². The number of carbonyl (C=O) groups is 2. The van der Waals surface area contributed by atoms with Gasteiger partial charge in [0, 0.05) is 54.4 Å². The van der Waals surface area contributed by atoms with Crippen molar-refractivity contribution >= 4 is 51.4 Å². The van der Waals surface area contributed by atoms with Gasteiger partial charge in [0.25, 0.3) is 0 Å². The Bertz CT molecular complexity index is 1230. The van der Waals surface area contributed by atoms with Crippen LogP contribution in [0, 0.1) is 0 Å². The summed E-state index contributed by atoms with van der Waals surface area (Å²) in [5.74, 6) is -0.0418. The first-order valence-electron chi connectivity index (χ1n) is 11.2. The number of halogens is 4. The molecule has 3 amide bonds. The van der Waals surface area contributed by atoms with Crippen molar-refractivity contribution < 1.29 is 22.8 Å². The van der Waals surface area contributed by atoms with Gasteiger partial charge in [-0.1, -0.05) is 23.7 Å². The van der Waals surface area contributed by atoms with Crippen LogP contribution in [0.5, 0.6) is 0 Å². The number of nitrogens with zero attached hydrogens (tertiary/aromatic N) is 3. The summed E-state index contributed by atoms with van der Waals surface area (Å²) in [4.78, 5) is 32.7. The van der Waals surface area contributed by atoms with Crippen molar-refractivity contribution in [1.82, 2.24) is 9.88 Å². The number of nitrogens with one attached hydrogen (secondary N) is 2. The van der Waals surface area contributed by atoms with Crippen molar-refractivity contribution in [1.29, 1.82) is 0 Å². The standard InChI is InChI=1S/C24H23ClF3N5O2S/c25-17-4-2-5-18(14-17)29-22(35)31-23-30-19(15-36-23)7-8-21(34)33-11-9-32(10-12-33)20-6-1-3-16(13-20)24(26,27)28/h1-6,13-15H,7-12H2,(H2,29,30,31,35).